The Morgan fingerprint density at radius 3 is 2.69 bits per heavy atom. The van der Waals surface area contributed by atoms with Crippen LogP contribution in [0, 0.1) is 12.7 Å². The highest BCUT2D eigenvalue weighted by Crippen LogP contribution is 2.12. The van der Waals surface area contributed by atoms with E-state index in [2.05, 4.69) is 6.92 Å². The highest BCUT2D eigenvalue weighted by molar-refractivity contribution is 5.27. The van der Waals surface area contributed by atoms with Crippen LogP contribution >= 0.6 is 0 Å². The number of hydrogen-bond acceptors (Lipinski definition) is 1. The van der Waals surface area contributed by atoms with Gasteiger partial charge >= 0.3 is 0 Å². The molecule has 0 heterocycles. The summed E-state index contributed by atoms with van der Waals surface area (Å²) < 4.78 is 12.7. The molecule has 0 amide bonds. The number of nitrogens with two attached hydrogens (primary N) is 1. The highest BCUT2D eigenvalue weighted by Gasteiger charge is 2.04. The molecule has 0 aromatic heterocycles. The molecule has 1 nitrogen and oxygen atoms in total. The standard InChI is InChI=1S/C11H16FN/c1-3-11(13)7-9-4-5-10(12)6-8(9)2/h4-6,11H,3,7,13H2,1-2H3/t11-/m1/s1. The third kappa shape index (κ3) is 2.81. The molecule has 0 radical (unpaired) electrons. The summed E-state index contributed by atoms with van der Waals surface area (Å²) in [5.41, 5.74) is 7.96. The van der Waals surface area contributed by atoms with Crippen molar-refractivity contribution >= 4 is 0 Å². The van der Waals surface area contributed by atoms with Crippen LogP contribution in [-0.2, 0) is 6.42 Å². The molecule has 2 heteroatoms. The van der Waals surface area contributed by atoms with E-state index >= 15 is 0 Å². The second-order valence-corrected chi connectivity index (χ2v) is 3.44. The van der Waals surface area contributed by atoms with E-state index < -0.39 is 0 Å². The molecular formula is C11H16FN. The predicted molar refractivity (Wildman–Crippen MR) is 53.1 cm³/mol. The molecule has 0 bridgehead atoms. The second kappa shape index (κ2) is 4.38. The molecular weight excluding hydrogens is 165 g/mol. The summed E-state index contributed by atoms with van der Waals surface area (Å²) in [6.45, 7) is 3.98. The molecule has 1 atom stereocenters. The summed E-state index contributed by atoms with van der Waals surface area (Å²) in [7, 11) is 0. The Kier molecular flexibility index (Phi) is 3.43. The lowest BCUT2D eigenvalue weighted by atomic mass is 10.0. The van der Waals surface area contributed by atoms with Crippen molar-refractivity contribution in [2.24, 2.45) is 5.73 Å². The summed E-state index contributed by atoms with van der Waals surface area (Å²) in [6, 6.07) is 5.05. The van der Waals surface area contributed by atoms with Gasteiger partial charge in [-0.2, -0.15) is 0 Å². The first-order valence-corrected chi connectivity index (χ1v) is 4.64. The van der Waals surface area contributed by atoms with Gasteiger partial charge in [-0.25, -0.2) is 4.39 Å². The summed E-state index contributed by atoms with van der Waals surface area (Å²) in [5.74, 6) is -0.175. The normalized spacial score (nSPS) is 12.9. The first kappa shape index (κ1) is 10.2. The van der Waals surface area contributed by atoms with Crippen LogP contribution < -0.4 is 5.73 Å². The molecule has 0 aliphatic carbocycles. The van der Waals surface area contributed by atoms with Crippen LogP contribution in [0.4, 0.5) is 4.39 Å². The second-order valence-electron chi connectivity index (χ2n) is 3.44. The van der Waals surface area contributed by atoms with Gasteiger partial charge in [-0.15, -0.1) is 0 Å². The molecule has 13 heavy (non-hydrogen) atoms. The minimum absolute atomic E-state index is 0.175. The number of rotatable bonds is 3. The van der Waals surface area contributed by atoms with Crippen LogP contribution in [0.2, 0.25) is 0 Å². The number of benzene rings is 1. The number of halogens is 1. The molecule has 0 aliphatic heterocycles. The molecule has 0 unspecified atom stereocenters. The van der Waals surface area contributed by atoms with E-state index in [9.17, 15) is 4.39 Å². The van der Waals surface area contributed by atoms with Gasteiger partial charge in [0.1, 0.15) is 5.82 Å². The Bertz CT molecular complexity index is 283. The average molecular weight is 181 g/mol. The molecule has 1 rings (SSSR count). The molecule has 0 saturated carbocycles. The van der Waals surface area contributed by atoms with E-state index in [4.69, 9.17) is 5.73 Å². The Morgan fingerprint density at radius 1 is 1.46 bits per heavy atom. The van der Waals surface area contributed by atoms with Crippen LogP contribution in [0.15, 0.2) is 18.2 Å². The molecule has 1 aromatic carbocycles. The van der Waals surface area contributed by atoms with Crippen LogP contribution in [0.3, 0.4) is 0 Å². The lowest BCUT2D eigenvalue weighted by molar-refractivity contribution is 0.619. The SMILES string of the molecule is CC[C@@H](N)Cc1ccc(F)cc1C. The quantitative estimate of drug-likeness (QED) is 0.761. The molecule has 0 fully saturated rings. The first-order valence-electron chi connectivity index (χ1n) is 4.64. The fraction of sp³-hybridized carbons (Fsp3) is 0.455. The van der Waals surface area contributed by atoms with E-state index in [1.807, 2.05) is 13.0 Å². The lowest BCUT2D eigenvalue weighted by Gasteiger charge is -2.10. The Morgan fingerprint density at radius 2 is 2.15 bits per heavy atom. The fourth-order valence-corrected chi connectivity index (χ4v) is 1.32. The van der Waals surface area contributed by atoms with Crippen LogP contribution in [-0.4, -0.2) is 6.04 Å². The summed E-state index contributed by atoms with van der Waals surface area (Å²) in [5, 5.41) is 0. The van der Waals surface area contributed by atoms with Crippen molar-refractivity contribution in [3.8, 4) is 0 Å². The fourth-order valence-electron chi connectivity index (χ4n) is 1.32. The third-order valence-electron chi connectivity index (χ3n) is 2.31. The van der Waals surface area contributed by atoms with E-state index in [1.54, 1.807) is 6.07 Å². The first-order chi connectivity index (χ1) is 6.13. The minimum Gasteiger partial charge on any atom is -0.327 e. The van der Waals surface area contributed by atoms with Crippen molar-refractivity contribution in [2.45, 2.75) is 32.7 Å². The topological polar surface area (TPSA) is 26.0 Å². The minimum atomic E-state index is -0.175. The van der Waals surface area contributed by atoms with Crippen molar-refractivity contribution in [1.82, 2.24) is 0 Å². The smallest absolute Gasteiger partial charge is 0.123 e. The van der Waals surface area contributed by atoms with E-state index in [0.29, 0.717) is 0 Å². The maximum Gasteiger partial charge on any atom is 0.123 e. The van der Waals surface area contributed by atoms with Crippen molar-refractivity contribution in [2.75, 3.05) is 0 Å². The maximum atomic E-state index is 12.7. The van der Waals surface area contributed by atoms with Gasteiger partial charge in [0.15, 0.2) is 0 Å². The van der Waals surface area contributed by atoms with Gasteiger partial charge in [0.05, 0.1) is 0 Å². The molecule has 2 N–H and O–H groups in total. The summed E-state index contributed by atoms with van der Waals surface area (Å²) in [4.78, 5) is 0. The van der Waals surface area contributed by atoms with Gasteiger partial charge in [-0.1, -0.05) is 13.0 Å². The monoisotopic (exact) mass is 181 g/mol. The van der Waals surface area contributed by atoms with Crippen LogP contribution in [0.25, 0.3) is 0 Å². The summed E-state index contributed by atoms with van der Waals surface area (Å²) in [6.07, 6.45) is 1.79. The average Bonchev–Trinajstić information content (AvgIpc) is 2.09. The molecule has 0 aliphatic rings. The molecule has 1 aromatic rings. The van der Waals surface area contributed by atoms with Gasteiger partial charge in [0.2, 0.25) is 0 Å². The third-order valence-corrected chi connectivity index (χ3v) is 2.31. The van der Waals surface area contributed by atoms with Gasteiger partial charge in [0.25, 0.3) is 0 Å². The van der Waals surface area contributed by atoms with Gasteiger partial charge in [-0.3, -0.25) is 0 Å². The number of aryl methyl sites for hydroxylation is 1. The highest BCUT2D eigenvalue weighted by atomic mass is 19.1. The Hall–Kier alpha value is -0.890. The zero-order valence-corrected chi connectivity index (χ0v) is 8.18. The van der Waals surface area contributed by atoms with Crippen molar-refractivity contribution in [3.63, 3.8) is 0 Å². The molecule has 0 saturated heterocycles. The zero-order valence-electron chi connectivity index (χ0n) is 8.18. The van der Waals surface area contributed by atoms with Crippen LogP contribution in [0.1, 0.15) is 24.5 Å². The largest absolute Gasteiger partial charge is 0.327 e. The summed E-state index contributed by atoms with van der Waals surface area (Å²) >= 11 is 0. The molecule has 72 valence electrons. The maximum absolute atomic E-state index is 12.7. The van der Waals surface area contributed by atoms with Crippen molar-refractivity contribution in [1.29, 1.82) is 0 Å². The zero-order chi connectivity index (χ0) is 9.84. The van der Waals surface area contributed by atoms with E-state index in [-0.39, 0.29) is 11.9 Å². The van der Waals surface area contributed by atoms with Crippen molar-refractivity contribution < 1.29 is 4.39 Å². The Balaban J connectivity index is 2.77. The predicted octanol–water partition coefficient (Wildman–Crippen LogP) is 2.41. The van der Waals surface area contributed by atoms with E-state index in [1.165, 1.54) is 6.07 Å². The Labute approximate surface area is 78.8 Å². The van der Waals surface area contributed by atoms with Gasteiger partial charge in [0, 0.05) is 6.04 Å². The lowest BCUT2D eigenvalue weighted by Crippen LogP contribution is -2.21. The van der Waals surface area contributed by atoms with Crippen LogP contribution in [0.5, 0.6) is 0 Å². The molecule has 0 spiro atoms. The van der Waals surface area contributed by atoms with Crippen molar-refractivity contribution in [3.05, 3.63) is 35.1 Å². The van der Waals surface area contributed by atoms with E-state index in [0.717, 1.165) is 24.0 Å². The number of hydrogen-bond donors (Lipinski definition) is 1. The van der Waals surface area contributed by atoms with Gasteiger partial charge in [-0.05, 0) is 43.0 Å². The van der Waals surface area contributed by atoms with Gasteiger partial charge < -0.3 is 5.73 Å².